The molecule has 2 heterocycles. The van der Waals surface area contributed by atoms with Gasteiger partial charge in [-0.05, 0) is 0 Å². The third-order valence-electron chi connectivity index (χ3n) is 2.03. The van der Waals surface area contributed by atoms with Crippen molar-refractivity contribution in [2.24, 2.45) is 5.84 Å². The third kappa shape index (κ3) is 3.12. The van der Waals surface area contributed by atoms with E-state index in [1.165, 1.54) is 6.39 Å². The maximum Gasteiger partial charge on any atom is 0.213 e. The zero-order valence-corrected chi connectivity index (χ0v) is 9.75. The SMILES string of the molecule is COCc1nc(NN)cc(NCc2ncon2)n1. The number of nitrogens with zero attached hydrogens (tertiary/aromatic N) is 4. The van der Waals surface area contributed by atoms with E-state index in [2.05, 4.69) is 35.4 Å². The lowest BCUT2D eigenvalue weighted by Crippen LogP contribution is -2.13. The van der Waals surface area contributed by atoms with Crippen LogP contribution in [0.25, 0.3) is 0 Å². The number of methoxy groups -OCH3 is 1. The van der Waals surface area contributed by atoms with Gasteiger partial charge in [0.1, 0.15) is 18.2 Å². The molecule has 4 N–H and O–H groups in total. The average Bonchev–Trinajstić information content (AvgIpc) is 2.89. The van der Waals surface area contributed by atoms with Gasteiger partial charge in [-0.15, -0.1) is 0 Å². The van der Waals surface area contributed by atoms with E-state index in [-0.39, 0.29) is 0 Å². The molecular formula is C9H13N7O2. The molecule has 0 saturated carbocycles. The fourth-order valence-corrected chi connectivity index (χ4v) is 1.30. The summed E-state index contributed by atoms with van der Waals surface area (Å²) < 4.78 is 9.60. The third-order valence-corrected chi connectivity index (χ3v) is 2.03. The van der Waals surface area contributed by atoms with Crippen molar-refractivity contribution in [2.45, 2.75) is 13.2 Å². The highest BCUT2D eigenvalue weighted by Crippen LogP contribution is 2.11. The van der Waals surface area contributed by atoms with Gasteiger partial charge in [0.05, 0.1) is 6.54 Å². The Hall–Kier alpha value is -2.26. The molecule has 9 heteroatoms. The number of anilines is 2. The van der Waals surface area contributed by atoms with Gasteiger partial charge in [-0.3, -0.25) is 0 Å². The number of nitrogens with one attached hydrogen (secondary N) is 2. The van der Waals surface area contributed by atoms with Crippen molar-refractivity contribution in [3.05, 3.63) is 24.1 Å². The smallest absolute Gasteiger partial charge is 0.213 e. The molecule has 2 aromatic heterocycles. The van der Waals surface area contributed by atoms with E-state index in [1.807, 2.05) is 0 Å². The van der Waals surface area contributed by atoms with Crippen molar-refractivity contribution >= 4 is 11.6 Å². The minimum absolute atomic E-state index is 0.298. The first-order valence-corrected chi connectivity index (χ1v) is 5.14. The van der Waals surface area contributed by atoms with Gasteiger partial charge >= 0.3 is 0 Å². The maximum atomic E-state index is 5.33. The second-order valence-corrected chi connectivity index (χ2v) is 3.33. The topological polar surface area (TPSA) is 124 Å². The van der Waals surface area contributed by atoms with E-state index in [0.717, 1.165) is 0 Å². The Morgan fingerprint density at radius 1 is 1.33 bits per heavy atom. The second kappa shape index (κ2) is 5.89. The molecule has 18 heavy (non-hydrogen) atoms. The number of hydrogen-bond donors (Lipinski definition) is 3. The summed E-state index contributed by atoms with van der Waals surface area (Å²) in [6.07, 6.45) is 1.26. The highest BCUT2D eigenvalue weighted by atomic mass is 16.5. The van der Waals surface area contributed by atoms with Crippen LogP contribution in [-0.4, -0.2) is 27.2 Å². The quantitative estimate of drug-likeness (QED) is 0.477. The van der Waals surface area contributed by atoms with Gasteiger partial charge in [-0.25, -0.2) is 15.8 Å². The fraction of sp³-hybridized carbons (Fsp3) is 0.333. The Kier molecular flexibility index (Phi) is 3.99. The summed E-state index contributed by atoms with van der Waals surface area (Å²) in [7, 11) is 1.57. The lowest BCUT2D eigenvalue weighted by atomic mass is 10.4. The van der Waals surface area contributed by atoms with E-state index in [1.54, 1.807) is 13.2 Å². The average molecular weight is 251 g/mol. The standard InChI is InChI=1S/C9H13N7O2/c1-17-4-9-13-6(2-7(14-9)15-10)11-3-8-12-5-18-16-8/h2,5H,3-4,10H2,1H3,(H2,11,13,14,15). The molecule has 0 amide bonds. The Bertz CT molecular complexity index is 488. The zero-order chi connectivity index (χ0) is 12.8. The van der Waals surface area contributed by atoms with E-state index < -0.39 is 0 Å². The molecule has 0 aliphatic rings. The summed E-state index contributed by atoms with van der Waals surface area (Å²) in [6, 6.07) is 1.67. The van der Waals surface area contributed by atoms with Gasteiger partial charge in [0.2, 0.25) is 6.39 Å². The summed E-state index contributed by atoms with van der Waals surface area (Å²) in [5, 5.41) is 6.71. The Morgan fingerprint density at radius 2 is 2.17 bits per heavy atom. The van der Waals surface area contributed by atoms with Gasteiger partial charge < -0.3 is 20.0 Å². The Morgan fingerprint density at radius 3 is 2.83 bits per heavy atom. The number of ether oxygens (including phenoxy) is 1. The highest BCUT2D eigenvalue weighted by molar-refractivity contribution is 5.46. The van der Waals surface area contributed by atoms with Crippen LogP contribution < -0.4 is 16.6 Å². The van der Waals surface area contributed by atoms with E-state index in [9.17, 15) is 0 Å². The molecule has 2 aromatic rings. The molecular weight excluding hydrogens is 238 g/mol. The summed E-state index contributed by atoms with van der Waals surface area (Å²) in [5.74, 6) is 7.46. The van der Waals surface area contributed by atoms with Crippen molar-refractivity contribution in [1.82, 2.24) is 20.1 Å². The van der Waals surface area contributed by atoms with Crippen LogP contribution in [0.3, 0.4) is 0 Å². The van der Waals surface area contributed by atoms with Crippen LogP contribution in [-0.2, 0) is 17.9 Å². The number of hydrogen-bond acceptors (Lipinski definition) is 9. The van der Waals surface area contributed by atoms with Crippen LogP contribution in [0, 0.1) is 0 Å². The van der Waals surface area contributed by atoms with Gasteiger partial charge in [-0.1, -0.05) is 5.16 Å². The number of rotatable bonds is 6. The molecule has 0 radical (unpaired) electrons. The van der Waals surface area contributed by atoms with Crippen molar-refractivity contribution < 1.29 is 9.26 Å². The van der Waals surface area contributed by atoms with Crippen molar-refractivity contribution in [2.75, 3.05) is 17.9 Å². The van der Waals surface area contributed by atoms with E-state index in [0.29, 0.717) is 36.4 Å². The lowest BCUT2D eigenvalue weighted by Gasteiger charge is -2.07. The predicted molar refractivity (Wildman–Crippen MR) is 62.2 cm³/mol. The van der Waals surface area contributed by atoms with E-state index in [4.69, 9.17) is 10.6 Å². The molecule has 0 saturated heterocycles. The van der Waals surface area contributed by atoms with Gasteiger partial charge in [0, 0.05) is 13.2 Å². The molecule has 0 aliphatic heterocycles. The molecule has 0 unspecified atom stereocenters. The number of nitrogens with two attached hydrogens (primary N) is 1. The summed E-state index contributed by atoms with van der Waals surface area (Å²) in [5.41, 5.74) is 2.46. The highest BCUT2D eigenvalue weighted by Gasteiger charge is 2.05. The minimum atomic E-state index is 0.298. The number of aromatic nitrogens is 4. The minimum Gasteiger partial charge on any atom is -0.377 e. The van der Waals surface area contributed by atoms with Crippen LogP contribution in [0.2, 0.25) is 0 Å². The summed E-state index contributed by atoms with van der Waals surface area (Å²) >= 11 is 0. The number of nitrogen functional groups attached to an aromatic ring is 1. The molecule has 0 bridgehead atoms. The van der Waals surface area contributed by atoms with Crippen molar-refractivity contribution in [3.8, 4) is 0 Å². The molecule has 0 fully saturated rings. The van der Waals surface area contributed by atoms with Gasteiger partial charge in [0.15, 0.2) is 11.6 Å². The normalized spacial score (nSPS) is 10.3. The molecule has 2 rings (SSSR count). The largest absolute Gasteiger partial charge is 0.377 e. The fourth-order valence-electron chi connectivity index (χ4n) is 1.30. The Labute approximate surface area is 103 Å². The van der Waals surface area contributed by atoms with Crippen molar-refractivity contribution in [1.29, 1.82) is 0 Å². The van der Waals surface area contributed by atoms with Crippen LogP contribution in [0.1, 0.15) is 11.6 Å². The second-order valence-electron chi connectivity index (χ2n) is 3.33. The molecule has 0 aliphatic carbocycles. The zero-order valence-electron chi connectivity index (χ0n) is 9.75. The monoisotopic (exact) mass is 251 g/mol. The van der Waals surface area contributed by atoms with Crippen LogP contribution in [0.4, 0.5) is 11.6 Å². The molecule has 0 spiro atoms. The maximum absolute atomic E-state index is 5.33. The summed E-state index contributed by atoms with van der Waals surface area (Å²) in [4.78, 5) is 12.3. The summed E-state index contributed by atoms with van der Waals surface area (Å²) in [6.45, 7) is 0.691. The van der Waals surface area contributed by atoms with Crippen molar-refractivity contribution in [3.63, 3.8) is 0 Å². The lowest BCUT2D eigenvalue weighted by molar-refractivity contribution is 0.178. The molecule has 0 atom stereocenters. The van der Waals surface area contributed by atoms with Crippen LogP contribution in [0.5, 0.6) is 0 Å². The van der Waals surface area contributed by atoms with Crippen LogP contribution in [0.15, 0.2) is 17.0 Å². The molecule has 0 aromatic carbocycles. The van der Waals surface area contributed by atoms with Gasteiger partial charge in [0.25, 0.3) is 0 Å². The first kappa shape index (κ1) is 12.2. The number of hydrazine groups is 1. The molecule has 9 nitrogen and oxygen atoms in total. The van der Waals surface area contributed by atoms with Crippen LogP contribution >= 0.6 is 0 Å². The first-order valence-electron chi connectivity index (χ1n) is 5.14. The molecule has 96 valence electrons. The predicted octanol–water partition coefficient (Wildman–Crippen LogP) is -0.0963. The first-order chi connectivity index (χ1) is 8.81. The Balaban J connectivity index is 2.08. The van der Waals surface area contributed by atoms with E-state index >= 15 is 0 Å². The van der Waals surface area contributed by atoms with Gasteiger partial charge in [-0.2, -0.15) is 4.98 Å².